The Hall–Kier alpha value is -4.55. The average molecular weight is 767 g/mol. The number of aromatic nitrogens is 1. The van der Waals surface area contributed by atoms with Crippen LogP contribution in [-0.4, -0.2) is 63.9 Å². The molecule has 0 saturated carbocycles. The molecule has 1 fully saturated rings. The number of para-hydroxylation sites is 1. The maximum absolute atomic E-state index is 13.9. The normalized spacial score (nSPS) is 17.0. The lowest BCUT2D eigenvalue weighted by atomic mass is 9.95. The maximum Gasteiger partial charge on any atom is 0.338 e. The molecule has 13 heteroatoms. The molecule has 4 aromatic rings. The number of benzene rings is 3. The minimum atomic E-state index is -0.878. The van der Waals surface area contributed by atoms with E-state index in [0.717, 1.165) is 25.1 Å². The molecule has 4 atom stereocenters. The van der Waals surface area contributed by atoms with Gasteiger partial charge in [-0.2, -0.15) is 4.73 Å². The van der Waals surface area contributed by atoms with Gasteiger partial charge in [-0.25, -0.2) is 9.59 Å². The summed E-state index contributed by atoms with van der Waals surface area (Å²) in [6.07, 6.45) is 2.28. The highest BCUT2D eigenvalue weighted by Crippen LogP contribution is 2.36. The second kappa shape index (κ2) is 18.5. The number of ether oxygens (including phenoxy) is 5. The van der Waals surface area contributed by atoms with Crippen LogP contribution in [0.25, 0.3) is 0 Å². The fourth-order valence-corrected chi connectivity index (χ4v) is 7.00. The van der Waals surface area contributed by atoms with Crippen molar-refractivity contribution in [2.45, 2.75) is 51.5 Å². The van der Waals surface area contributed by atoms with Crippen LogP contribution < -0.4 is 24.3 Å². The lowest BCUT2D eigenvalue weighted by Crippen LogP contribution is -2.46. The number of halogens is 2. The van der Waals surface area contributed by atoms with Gasteiger partial charge in [0.15, 0.2) is 23.9 Å². The van der Waals surface area contributed by atoms with Crippen molar-refractivity contribution in [1.82, 2.24) is 10.2 Å². The molecular weight excluding hydrogens is 721 g/mol. The molecule has 1 aliphatic heterocycles. The fraction of sp³-hybridized carbons (Fsp3) is 0.375. The standard InChI is InChI=1S/C40H45Cl2N3O8/c1-6-44-17-16-25(2)37(24-44)53-40(47)38(29-12-7-8-13-33(29)49-3)43-21-26-10-9-11-28(18-26)39(46)52-35(20-30-31(41)22-45(48)23-32(30)42)27-14-15-34(50-4)36(19-27)51-5/h7-15,18-19,22-23,25,35,37-38,43H,6,16-17,20-21,24H2,1-5H3/t25?,35-,37-,38?/m0/s1. The zero-order valence-electron chi connectivity index (χ0n) is 30.5. The van der Waals surface area contributed by atoms with Crippen molar-refractivity contribution in [2.75, 3.05) is 41.0 Å². The molecule has 53 heavy (non-hydrogen) atoms. The number of hydrogen-bond donors (Lipinski definition) is 1. The predicted octanol–water partition coefficient (Wildman–Crippen LogP) is 6.90. The third-order valence-electron chi connectivity index (χ3n) is 9.52. The van der Waals surface area contributed by atoms with Gasteiger partial charge < -0.3 is 28.9 Å². The van der Waals surface area contributed by atoms with Gasteiger partial charge >= 0.3 is 11.9 Å². The van der Waals surface area contributed by atoms with E-state index in [1.54, 1.807) is 49.6 Å². The van der Waals surface area contributed by atoms with Crippen LogP contribution in [0.15, 0.2) is 79.1 Å². The summed E-state index contributed by atoms with van der Waals surface area (Å²) in [5, 5.41) is 15.6. The Labute approximate surface area is 320 Å². The van der Waals surface area contributed by atoms with Crippen molar-refractivity contribution in [3.05, 3.63) is 122 Å². The van der Waals surface area contributed by atoms with Gasteiger partial charge in [-0.1, -0.05) is 73.4 Å². The Bertz CT molecular complexity index is 1870. The summed E-state index contributed by atoms with van der Waals surface area (Å²) in [4.78, 5) is 30.0. The van der Waals surface area contributed by atoms with Crippen LogP contribution in [0, 0.1) is 11.1 Å². The number of likely N-dealkylation sites (tertiary alicyclic amines) is 1. The first-order chi connectivity index (χ1) is 25.5. The van der Waals surface area contributed by atoms with E-state index >= 15 is 0 Å². The van der Waals surface area contributed by atoms with Gasteiger partial charge in [-0.15, -0.1) is 0 Å². The second-order valence-electron chi connectivity index (χ2n) is 12.9. The molecule has 1 aliphatic rings. The summed E-state index contributed by atoms with van der Waals surface area (Å²) >= 11 is 12.9. The third kappa shape index (κ3) is 9.91. The molecular formula is C40H45Cl2N3O8. The minimum absolute atomic E-state index is 0.0688. The molecule has 1 aromatic heterocycles. The SMILES string of the molecule is CCN1CCC(C)[C@@H](OC(=O)C(NCc2cccc(C(=O)O[C@@H](Cc3c(Cl)c[n+]([O-])cc3Cl)c3ccc(OC)c(OC)c3)c2)c2ccccc2OC)C1. The highest BCUT2D eigenvalue weighted by atomic mass is 35.5. The van der Waals surface area contributed by atoms with Gasteiger partial charge in [0.2, 0.25) is 0 Å². The molecule has 0 bridgehead atoms. The predicted molar refractivity (Wildman–Crippen MR) is 202 cm³/mol. The zero-order valence-corrected chi connectivity index (χ0v) is 32.0. The lowest BCUT2D eigenvalue weighted by molar-refractivity contribution is -0.605. The Morgan fingerprint density at radius 3 is 2.36 bits per heavy atom. The smallest absolute Gasteiger partial charge is 0.338 e. The molecule has 3 aromatic carbocycles. The highest BCUT2D eigenvalue weighted by molar-refractivity contribution is 6.35. The maximum atomic E-state index is 13.9. The van der Waals surface area contributed by atoms with Crippen LogP contribution in [0.3, 0.4) is 0 Å². The topological polar surface area (TPSA) is 123 Å². The van der Waals surface area contributed by atoms with Crippen LogP contribution >= 0.6 is 23.2 Å². The van der Waals surface area contributed by atoms with Crippen LogP contribution in [-0.2, 0) is 27.2 Å². The number of piperidine rings is 1. The summed E-state index contributed by atoms with van der Waals surface area (Å²) in [6, 6.07) is 18.6. The first-order valence-corrected chi connectivity index (χ1v) is 18.2. The number of nitrogens with zero attached hydrogens (tertiary/aromatic N) is 2. The van der Waals surface area contributed by atoms with Crippen molar-refractivity contribution in [3.63, 3.8) is 0 Å². The van der Waals surface area contributed by atoms with Gasteiger partial charge in [0.05, 0.1) is 26.9 Å². The molecule has 0 amide bonds. The number of carbonyl (C=O) groups is 2. The van der Waals surface area contributed by atoms with Crippen LogP contribution in [0.4, 0.5) is 0 Å². The molecule has 1 saturated heterocycles. The Kier molecular flexibility index (Phi) is 13.8. The number of likely N-dealkylation sites (N-methyl/N-ethyl adjacent to an activating group) is 1. The molecule has 1 N–H and O–H groups in total. The van der Waals surface area contributed by atoms with Crippen molar-refractivity contribution < 1.29 is 38.0 Å². The van der Waals surface area contributed by atoms with Crippen molar-refractivity contribution >= 4 is 35.1 Å². The monoisotopic (exact) mass is 765 g/mol. The number of carbonyl (C=O) groups excluding carboxylic acids is 2. The number of nitrogens with one attached hydrogen (secondary N) is 1. The first kappa shape index (κ1) is 39.7. The highest BCUT2D eigenvalue weighted by Gasteiger charge is 2.33. The fourth-order valence-electron chi connectivity index (χ4n) is 6.40. The largest absolute Gasteiger partial charge is 0.619 e. The quantitative estimate of drug-likeness (QED) is 0.0777. The summed E-state index contributed by atoms with van der Waals surface area (Å²) in [6.45, 7) is 6.98. The van der Waals surface area contributed by atoms with E-state index in [9.17, 15) is 14.8 Å². The molecule has 11 nitrogen and oxygen atoms in total. The molecule has 0 spiro atoms. The Morgan fingerprint density at radius 2 is 1.66 bits per heavy atom. The lowest BCUT2D eigenvalue weighted by Gasteiger charge is -2.36. The number of pyridine rings is 1. The van der Waals surface area contributed by atoms with Crippen LogP contribution in [0.1, 0.15) is 65.0 Å². The summed E-state index contributed by atoms with van der Waals surface area (Å²) in [7, 11) is 4.60. The van der Waals surface area contributed by atoms with E-state index in [4.69, 9.17) is 46.9 Å². The van der Waals surface area contributed by atoms with E-state index in [1.807, 2.05) is 24.3 Å². The van der Waals surface area contributed by atoms with E-state index < -0.39 is 24.1 Å². The molecule has 0 radical (unpaired) electrons. The summed E-state index contributed by atoms with van der Waals surface area (Å²) in [5.74, 6) is 0.694. The van der Waals surface area contributed by atoms with Crippen molar-refractivity contribution in [1.29, 1.82) is 0 Å². The van der Waals surface area contributed by atoms with E-state index in [2.05, 4.69) is 24.1 Å². The summed E-state index contributed by atoms with van der Waals surface area (Å²) < 4.78 is 29.3. The molecule has 282 valence electrons. The number of esters is 2. The minimum Gasteiger partial charge on any atom is -0.619 e. The van der Waals surface area contributed by atoms with E-state index in [0.29, 0.717) is 45.2 Å². The van der Waals surface area contributed by atoms with E-state index in [-0.39, 0.29) is 40.6 Å². The molecule has 2 heterocycles. The molecule has 2 unspecified atom stereocenters. The molecule has 5 rings (SSSR count). The van der Waals surface area contributed by atoms with Gasteiger partial charge in [-0.05, 0) is 66.9 Å². The number of hydrogen-bond acceptors (Lipinski definition) is 10. The zero-order chi connectivity index (χ0) is 38.1. The van der Waals surface area contributed by atoms with Gasteiger partial charge in [0.1, 0.15) is 34.0 Å². The Balaban J connectivity index is 1.38. The second-order valence-corrected chi connectivity index (χ2v) is 13.7. The van der Waals surface area contributed by atoms with Gasteiger partial charge in [0.25, 0.3) is 0 Å². The van der Waals surface area contributed by atoms with E-state index in [1.165, 1.54) is 26.6 Å². The van der Waals surface area contributed by atoms with Crippen LogP contribution in [0.5, 0.6) is 17.2 Å². The third-order valence-corrected chi connectivity index (χ3v) is 10.2. The number of methoxy groups -OCH3 is 3. The van der Waals surface area contributed by atoms with Crippen LogP contribution in [0.2, 0.25) is 10.0 Å². The number of rotatable bonds is 15. The molecule has 0 aliphatic carbocycles. The van der Waals surface area contributed by atoms with Crippen molar-refractivity contribution in [2.24, 2.45) is 5.92 Å². The Morgan fingerprint density at radius 1 is 0.943 bits per heavy atom. The first-order valence-electron chi connectivity index (χ1n) is 17.4. The van der Waals surface area contributed by atoms with Gasteiger partial charge in [-0.3, -0.25) is 10.2 Å². The average Bonchev–Trinajstić information content (AvgIpc) is 3.16. The van der Waals surface area contributed by atoms with Crippen molar-refractivity contribution in [3.8, 4) is 17.2 Å². The van der Waals surface area contributed by atoms with Gasteiger partial charge in [0, 0.05) is 30.6 Å². The summed E-state index contributed by atoms with van der Waals surface area (Å²) in [5.41, 5.74) is 2.68.